The second-order valence-corrected chi connectivity index (χ2v) is 9.67. The number of aryl methyl sites for hydroxylation is 2. The van der Waals surface area contributed by atoms with Crippen LogP contribution in [0.1, 0.15) is 28.7 Å². The molecule has 1 fully saturated rings. The van der Waals surface area contributed by atoms with Crippen LogP contribution in [0, 0.1) is 0 Å². The summed E-state index contributed by atoms with van der Waals surface area (Å²) >= 11 is 0. The SMILES string of the molecule is I.NC(=NCc1ccccc1CS(=O)(=O)N1CCOCC1)Nc1ccc2c(c1)CCC2. The molecule has 0 atom stereocenters. The number of anilines is 1. The van der Waals surface area contributed by atoms with Crippen molar-refractivity contribution in [1.29, 1.82) is 0 Å². The highest BCUT2D eigenvalue weighted by Crippen LogP contribution is 2.25. The van der Waals surface area contributed by atoms with Crippen molar-refractivity contribution in [3.05, 3.63) is 64.7 Å². The summed E-state index contributed by atoms with van der Waals surface area (Å²) in [4.78, 5) is 4.44. The van der Waals surface area contributed by atoms with Gasteiger partial charge in [0.15, 0.2) is 5.96 Å². The fourth-order valence-corrected chi connectivity index (χ4v) is 5.54. The van der Waals surface area contributed by atoms with Crippen molar-refractivity contribution in [2.45, 2.75) is 31.6 Å². The van der Waals surface area contributed by atoms with Gasteiger partial charge in [-0.25, -0.2) is 13.4 Å². The Balaban J connectivity index is 0.00000272. The van der Waals surface area contributed by atoms with E-state index < -0.39 is 10.0 Å². The molecule has 2 aromatic carbocycles. The lowest BCUT2D eigenvalue weighted by molar-refractivity contribution is 0.0729. The summed E-state index contributed by atoms with van der Waals surface area (Å²) in [6, 6.07) is 13.8. The van der Waals surface area contributed by atoms with E-state index in [2.05, 4.69) is 22.4 Å². The quantitative estimate of drug-likeness (QED) is 0.324. The van der Waals surface area contributed by atoms with Gasteiger partial charge >= 0.3 is 0 Å². The van der Waals surface area contributed by atoms with Gasteiger partial charge in [-0.15, -0.1) is 24.0 Å². The van der Waals surface area contributed by atoms with Gasteiger partial charge in [0, 0.05) is 18.8 Å². The van der Waals surface area contributed by atoms with E-state index in [-0.39, 0.29) is 29.7 Å². The second kappa shape index (κ2) is 10.8. The highest BCUT2D eigenvalue weighted by atomic mass is 127. The maximum absolute atomic E-state index is 12.8. The maximum Gasteiger partial charge on any atom is 0.218 e. The summed E-state index contributed by atoms with van der Waals surface area (Å²) < 4.78 is 32.3. The predicted molar refractivity (Wildman–Crippen MR) is 134 cm³/mol. The van der Waals surface area contributed by atoms with Crippen LogP contribution < -0.4 is 11.1 Å². The molecule has 0 bridgehead atoms. The number of hydrogen-bond acceptors (Lipinski definition) is 4. The first kappa shape index (κ1) is 24.0. The van der Waals surface area contributed by atoms with Gasteiger partial charge in [-0.1, -0.05) is 30.3 Å². The molecular weight excluding hydrogens is 527 g/mol. The Kier molecular flexibility index (Phi) is 8.31. The lowest BCUT2D eigenvalue weighted by Crippen LogP contribution is -2.41. The van der Waals surface area contributed by atoms with Crippen molar-refractivity contribution >= 4 is 45.6 Å². The summed E-state index contributed by atoms with van der Waals surface area (Å²) in [5.41, 5.74) is 11.4. The van der Waals surface area contributed by atoms with Crippen molar-refractivity contribution in [3.8, 4) is 0 Å². The Bertz CT molecular complexity index is 1040. The molecule has 0 spiro atoms. The fraction of sp³-hybridized carbons (Fsp3) is 0.409. The number of guanidine groups is 1. The average Bonchev–Trinajstić information content (AvgIpc) is 3.21. The molecule has 0 aromatic heterocycles. The van der Waals surface area contributed by atoms with Crippen LogP contribution >= 0.6 is 24.0 Å². The number of aliphatic imine (C=N–C) groups is 1. The Hall–Kier alpha value is -1.69. The van der Waals surface area contributed by atoms with Crippen molar-refractivity contribution in [2.75, 3.05) is 31.6 Å². The van der Waals surface area contributed by atoms with Crippen LogP contribution in [-0.2, 0) is 39.9 Å². The van der Waals surface area contributed by atoms with E-state index in [1.54, 1.807) is 0 Å². The van der Waals surface area contributed by atoms with Crippen LogP contribution in [0.3, 0.4) is 0 Å². The van der Waals surface area contributed by atoms with Crippen LogP contribution in [0.4, 0.5) is 5.69 Å². The van der Waals surface area contributed by atoms with Gasteiger partial charge in [-0.05, 0) is 53.6 Å². The number of halogens is 1. The zero-order valence-corrected chi connectivity index (χ0v) is 20.6. The number of fused-ring (bicyclic) bond motifs is 1. The Labute approximate surface area is 201 Å². The number of ether oxygens (including phenoxy) is 1. The van der Waals surface area contributed by atoms with Crippen LogP contribution in [0.25, 0.3) is 0 Å². The number of morpholine rings is 1. The largest absolute Gasteiger partial charge is 0.379 e. The van der Waals surface area contributed by atoms with Gasteiger partial charge < -0.3 is 15.8 Å². The minimum Gasteiger partial charge on any atom is -0.379 e. The molecule has 0 amide bonds. The summed E-state index contributed by atoms with van der Waals surface area (Å²) in [6.07, 6.45) is 3.45. The third-order valence-corrected chi connectivity index (χ3v) is 7.44. The van der Waals surface area contributed by atoms with Crippen molar-refractivity contribution in [1.82, 2.24) is 4.31 Å². The Morgan fingerprint density at radius 3 is 2.55 bits per heavy atom. The van der Waals surface area contributed by atoms with E-state index in [4.69, 9.17) is 10.5 Å². The van der Waals surface area contributed by atoms with Crippen molar-refractivity contribution in [3.63, 3.8) is 0 Å². The minimum absolute atomic E-state index is 0. The number of benzene rings is 2. The highest BCUT2D eigenvalue weighted by Gasteiger charge is 2.25. The zero-order valence-electron chi connectivity index (χ0n) is 17.4. The zero-order chi connectivity index (χ0) is 21.0. The highest BCUT2D eigenvalue weighted by molar-refractivity contribution is 14.0. The van der Waals surface area contributed by atoms with E-state index >= 15 is 0 Å². The summed E-state index contributed by atoms with van der Waals surface area (Å²) in [7, 11) is -3.39. The lowest BCUT2D eigenvalue weighted by atomic mass is 10.1. The van der Waals surface area contributed by atoms with Crippen molar-refractivity contribution < 1.29 is 13.2 Å². The summed E-state index contributed by atoms with van der Waals surface area (Å²) in [5, 5.41) is 3.15. The van der Waals surface area contributed by atoms with Crippen LogP contribution in [0.15, 0.2) is 47.5 Å². The monoisotopic (exact) mass is 556 g/mol. The van der Waals surface area contributed by atoms with E-state index in [9.17, 15) is 8.42 Å². The van der Waals surface area contributed by atoms with E-state index in [1.165, 1.54) is 21.9 Å². The molecular formula is C22H29IN4O3S. The smallest absolute Gasteiger partial charge is 0.218 e. The lowest BCUT2D eigenvalue weighted by Gasteiger charge is -2.26. The molecule has 0 saturated carbocycles. The maximum atomic E-state index is 12.8. The molecule has 4 rings (SSSR count). The van der Waals surface area contributed by atoms with E-state index in [0.29, 0.717) is 38.8 Å². The molecule has 3 N–H and O–H groups in total. The molecule has 9 heteroatoms. The van der Waals surface area contributed by atoms with Gasteiger partial charge in [-0.3, -0.25) is 0 Å². The molecule has 2 aliphatic rings. The molecule has 2 aromatic rings. The number of rotatable bonds is 6. The van der Waals surface area contributed by atoms with Gasteiger partial charge in [0.2, 0.25) is 10.0 Å². The van der Waals surface area contributed by atoms with Gasteiger partial charge in [-0.2, -0.15) is 4.31 Å². The van der Waals surface area contributed by atoms with Crippen LogP contribution in [0.5, 0.6) is 0 Å². The normalized spacial score (nSPS) is 17.1. The number of nitrogens with two attached hydrogens (primary N) is 1. The molecule has 1 heterocycles. The first-order chi connectivity index (χ1) is 14.5. The Morgan fingerprint density at radius 2 is 1.77 bits per heavy atom. The molecule has 31 heavy (non-hydrogen) atoms. The molecule has 0 unspecified atom stereocenters. The Morgan fingerprint density at radius 1 is 1.06 bits per heavy atom. The van der Waals surface area contributed by atoms with Crippen LogP contribution in [-0.4, -0.2) is 45.0 Å². The number of nitrogens with one attached hydrogen (secondary N) is 1. The third-order valence-electron chi connectivity index (χ3n) is 5.61. The van der Waals surface area contributed by atoms with E-state index in [0.717, 1.165) is 29.7 Å². The molecule has 1 saturated heterocycles. The van der Waals surface area contributed by atoms with Gasteiger partial charge in [0.25, 0.3) is 0 Å². The van der Waals surface area contributed by atoms with Gasteiger partial charge in [0.1, 0.15) is 0 Å². The fourth-order valence-electron chi connectivity index (χ4n) is 3.97. The topological polar surface area (TPSA) is 97.0 Å². The van der Waals surface area contributed by atoms with Crippen molar-refractivity contribution in [2.24, 2.45) is 10.7 Å². The number of sulfonamides is 1. The standard InChI is InChI=1S/C22H28N4O3S.HI/c23-22(25-21-9-8-17-6-3-7-18(17)14-21)24-15-19-4-1-2-5-20(19)16-30(27,28)26-10-12-29-13-11-26;/h1-2,4-5,8-9,14H,3,6-7,10-13,15-16H2,(H3,23,24,25);1H. The van der Waals surface area contributed by atoms with Gasteiger partial charge in [0.05, 0.1) is 25.5 Å². The number of hydrogen-bond donors (Lipinski definition) is 2. The van der Waals surface area contributed by atoms with E-state index in [1.807, 2.05) is 30.3 Å². The number of nitrogens with zero attached hydrogens (tertiary/aromatic N) is 2. The van der Waals surface area contributed by atoms with Crippen LogP contribution in [0.2, 0.25) is 0 Å². The third kappa shape index (κ3) is 6.18. The molecule has 1 aliphatic carbocycles. The summed E-state index contributed by atoms with van der Waals surface area (Å²) in [5.74, 6) is 0.274. The first-order valence-electron chi connectivity index (χ1n) is 10.3. The molecule has 168 valence electrons. The predicted octanol–water partition coefficient (Wildman–Crippen LogP) is 2.88. The average molecular weight is 556 g/mol. The first-order valence-corrected chi connectivity index (χ1v) is 11.9. The summed E-state index contributed by atoms with van der Waals surface area (Å²) in [6.45, 7) is 2.01. The molecule has 7 nitrogen and oxygen atoms in total. The minimum atomic E-state index is -3.39. The molecule has 1 aliphatic heterocycles. The second-order valence-electron chi connectivity index (χ2n) is 7.70. The molecule has 0 radical (unpaired) electrons.